The van der Waals surface area contributed by atoms with Gasteiger partial charge in [-0.3, -0.25) is 10.1 Å². The number of nitrogens with zero attached hydrogens (tertiary/aromatic N) is 1. The number of methoxy groups -OCH3 is 1. The molecular formula is C23H24N2O2S. The molecule has 0 bridgehead atoms. The van der Waals surface area contributed by atoms with Gasteiger partial charge in [0.05, 0.1) is 12.8 Å². The SMILES string of the molecule is COc1ccc(/C=C/C(=O)Nc2nc(-c3ccc(C(C)(C)C)cc3)cs2)cc1. The van der Waals surface area contributed by atoms with E-state index in [1.54, 1.807) is 13.2 Å². The monoisotopic (exact) mass is 392 g/mol. The van der Waals surface area contributed by atoms with Crippen molar-refractivity contribution in [2.75, 3.05) is 12.4 Å². The number of amides is 1. The third-order valence-electron chi connectivity index (χ3n) is 4.32. The topological polar surface area (TPSA) is 51.2 Å². The number of aromatic nitrogens is 1. The largest absolute Gasteiger partial charge is 0.497 e. The summed E-state index contributed by atoms with van der Waals surface area (Å²) in [5.41, 5.74) is 4.23. The van der Waals surface area contributed by atoms with E-state index in [1.807, 2.05) is 29.6 Å². The molecule has 1 N–H and O–H groups in total. The zero-order valence-corrected chi connectivity index (χ0v) is 17.3. The van der Waals surface area contributed by atoms with E-state index in [0.29, 0.717) is 5.13 Å². The highest BCUT2D eigenvalue weighted by Crippen LogP contribution is 2.28. The van der Waals surface area contributed by atoms with E-state index in [4.69, 9.17) is 4.74 Å². The third kappa shape index (κ3) is 5.08. The normalized spacial score (nSPS) is 11.6. The Morgan fingerprint density at radius 3 is 2.36 bits per heavy atom. The van der Waals surface area contributed by atoms with Crippen molar-refractivity contribution in [3.8, 4) is 17.0 Å². The molecule has 2 aromatic carbocycles. The molecule has 1 amide bonds. The third-order valence-corrected chi connectivity index (χ3v) is 5.08. The lowest BCUT2D eigenvalue weighted by Gasteiger charge is -2.18. The van der Waals surface area contributed by atoms with Crippen molar-refractivity contribution in [2.45, 2.75) is 26.2 Å². The molecule has 4 nitrogen and oxygen atoms in total. The number of hydrogen-bond donors (Lipinski definition) is 1. The van der Waals surface area contributed by atoms with Gasteiger partial charge in [-0.25, -0.2) is 4.98 Å². The molecule has 5 heteroatoms. The molecule has 0 aliphatic carbocycles. The lowest BCUT2D eigenvalue weighted by atomic mass is 9.86. The van der Waals surface area contributed by atoms with Crippen molar-refractivity contribution in [3.63, 3.8) is 0 Å². The maximum Gasteiger partial charge on any atom is 0.250 e. The highest BCUT2D eigenvalue weighted by Gasteiger charge is 2.14. The zero-order valence-electron chi connectivity index (χ0n) is 16.5. The van der Waals surface area contributed by atoms with Gasteiger partial charge < -0.3 is 4.74 Å². The molecule has 0 radical (unpaired) electrons. The van der Waals surface area contributed by atoms with Crippen LogP contribution in [0.2, 0.25) is 0 Å². The van der Waals surface area contributed by atoms with Crippen molar-refractivity contribution >= 4 is 28.5 Å². The van der Waals surface area contributed by atoms with Gasteiger partial charge in [0, 0.05) is 17.0 Å². The summed E-state index contributed by atoms with van der Waals surface area (Å²) in [6.45, 7) is 6.58. The van der Waals surface area contributed by atoms with Crippen molar-refractivity contribution in [1.29, 1.82) is 0 Å². The minimum absolute atomic E-state index is 0.121. The van der Waals surface area contributed by atoms with Gasteiger partial charge in [-0.1, -0.05) is 57.2 Å². The van der Waals surface area contributed by atoms with Crippen LogP contribution in [0, 0.1) is 0 Å². The molecule has 3 aromatic rings. The molecule has 144 valence electrons. The molecule has 0 fully saturated rings. The summed E-state index contributed by atoms with van der Waals surface area (Å²) in [5, 5.41) is 5.35. The van der Waals surface area contributed by atoms with Gasteiger partial charge in [0.25, 0.3) is 0 Å². The van der Waals surface area contributed by atoms with E-state index in [1.165, 1.54) is 23.0 Å². The van der Waals surface area contributed by atoms with Crippen molar-refractivity contribution in [3.05, 3.63) is 71.1 Å². The Morgan fingerprint density at radius 2 is 1.75 bits per heavy atom. The molecule has 0 saturated carbocycles. The molecule has 28 heavy (non-hydrogen) atoms. The Labute approximate surface area is 169 Å². The number of ether oxygens (including phenoxy) is 1. The average Bonchev–Trinajstić information content (AvgIpc) is 3.14. The highest BCUT2D eigenvalue weighted by atomic mass is 32.1. The van der Waals surface area contributed by atoms with Crippen LogP contribution in [0.25, 0.3) is 17.3 Å². The van der Waals surface area contributed by atoms with E-state index in [0.717, 1.165) is 22.6 Å². The number of hydrogen-bond acceptors (Lipinski definition) is 4. The first-order valence-corrected chi connectivity index (χ1v) is 9.93. The first-order valence-electron chi connectivity index (χ1n) is 9.05. The minimum Gasteiger partial charge on any atom is -0.497 e. The second-order valence-electron chi connectivity index (χ2n) is 7.46. The van der Waals surface area contributed by atoms with Gasteiger partial charge in [-0.2, -0.15) is 0 Å². The van der Waals surface area contributed by atoms with E-state index in [-0.39, 0.29) is 11.3 Å². The van der Waals surface area contributed by atoms with E-state index in [9.17, 15) is 4.79 Å². The Hall–Kier alpha value is -2.92. The zero-order chi connectivity index (χ0) is 20.1. The predicted octanol–water partition coefficient (Wildman–Crippen LogP) is 5.77. The van der Waals surface area contributed by atoms with E-state index >= 15 is 0 Å². The molecule has 0 unspecified atom stereocenters. The highest BCUT2D eigenvalue weighted by molar-refractivity contribution is 7.14. The van der Waals surface area contributed by atoms with Crippen LogP contribution in [0.5, 0.6) is 5.75 Å². The van der Waals surface area contributed by atoms with Crippen molar-refractivity contribution in [1.82, 2.24) is 4.98 Å². The summed E-state index contributed by atoms with van der Waals surface area (Å²) in [6, 6.07) is 15.9. The second kappa shape index (κ2) is 8.40. The smallest absolute Gasteiger partial charge is 0.250 e. The summed E-state index contributed by atoms with van der Waals surface area (Å²) in [4.78, 5) is 16.7. The molecule has 0 aliphatic rings. The van der Waals surface area contributed by atoms with Crippen LogP contribution in [0.4, 0.5) is 5.13 Å². The molecule has 0 aliphatic heterocycles. The van der Waals surface area contributed by atoms with Crippen molar-refractivity contribution < 1.29 is 9.53 Å². The second-order valence-corrected chi connectivity index (χ2v) is 8.32. The average molecular weight is 393 g/mol. The van der Waals surface area contributed by atoms with Gasteiger partial charge in [-0.15, -0.1) is 11.3 Å². The standard InChI is InChI=1S/C23H24N2O2S/c1-23(2,3)18-10-8-17(9-11-18)20-15-28-22(24-20)25-21(26)14-7-16-5-12-19(27-4)13-6-16/h5-15H,1-4H3,(H,24,25,26)/b14-7+. The fraction of sp³-hybridized carbons (Fsp3) is 0.217. The Bertz CT molecular complexity index is 965. The van der Waals surface area contributed by atoms with E-state index < -0.39 is 0 Å². The van der Waals surface area contributed by atoms with Crippen LogP contribution < -0.4 is 10.1 Å². The van der Waals surface area contributed by atoms with E-state index in [2.05, 4.69) is 55.3 Å². The molecule has 0 spiro atoms. The minimum atomic E-state index is -0.209. The summed E-state index contributed by atoms with van der Waals surface area (Å²) in [7, 11) is 1.62. The number of rotatable bonds is 5. The number of carbonyl (C=O) groups excluding carboxylic acids is 1. The summed E-state index contributed by atoms with van der Waals surface area (Å²) in [5.74, 6) is 0.576. The Morgan fingerprint density at radius 1 is 1.07 bits per heavy atom. The van der Waals surface area contributed by atoms with Gasteiger partial charge >= 0.3 is 0 Å². The molecule has 1 aromatic heterocycles. The van der Waals surface area contributed by atoms with Crippen LogP contribution in [0.1, 0.15) is 31.9 Å². The van der Waals surface area contributed by atoms with Gasteiger partial charge in [0.1, 0.15) is 5.75 Å². The number of benzene rings is 2. The Balaban J connectivity index is 1.63. The van der Waals surface area contributed by atoms with Crippen LogP contribution >= 0.6 is 11.3 Å². The number of nitrogens with one attached hydrogen (secondary N) is 1. The molecule has 0 saturated heterocycles. The maximum absolute atomic E-state index is 12.2. The predicted molar refractivity (Wildman–Crippen MR) is 117 cm³/mol. The van der Waals surface area contributed by atoms with Gasteiger partial charge in [-0.05, 0) is 34.8 Å². The summed E-state index contributed by atoms with van der Waals surface area (Å²) in [6.07, 6.45) is 3.26. The lowest BCUT2D eigenvalue weighted by Crippen LogP contribution is -2.10. The van der Waals surface area contributed by atoms with Crippen LogP contribution in [-0.4, -0.2) is 18.0 Å². The Kier molecular flexibility index (Phi) is 5.95. The molecule has 3 rings (SSSR count). The first-order chi connectivity index (χ1) is 13.3. The summed E-state index contributed by atoms with van der Waals surface area (Å²) >= 11 is 1.42. The number of carbonyl (C=O) groups is 1. The maximum atomic E-state index is 12.2. The first kappa shape index (κ1) is 19.8. The lowest BCUT2D eigenvalue weighted by molar-refractivity contribution is -0.111. The van der Waals surface area contributed by atoms with Crippen LogP contribution in [0.3, 0.4) is 0 Å². The van der Waals surface area contributed by atoms with Gasteiger partial charge in [0.15, 0.2) is 5.13 Å². The fourth-order valence-electron chi connectivity index (χ4n) is 2.64. The quantitative estimate of drug-likeness (QED) is 0.561. The van der Waals surface area contributed by atoms with Gasteiger partial charge in [0.2, 0.25) is 5.91 Å². The number of thiazole rings is 1. The molecule has 1 heterocycles. The summed E-state index contributed by atoms with van der Waals surface area (Å²) < 4.78 is 5.13. The number of anilines is 1. The molecular weight excluding hydrogens is 368 g/mol. The van der Waals surface area contributed by atoms with Crippen LogP contribution in [-0.2, 0) is 10.2 Å². The fourth-order valence-corrected chi connectivity index (χ4v) is 3.36. The molecule has 0 atom stereocenters. The van der Waals surface area contributed by atoms with Crippen LogP contribution in [0.15, 0.2) is 60.0 Å². The van der Waals surface area contributed by atoms with Crippen molar-refractivity contribution in [2.24, 2.45) is 0 Å².